The molecule has 0 saturated carbocycles. The minimum absolute atomic E-state index is 0.284. The maximum absolute atomic E-state index is 13.0. The van der Waals surface area contributed by atoms with Gasteiger partial charge in [0.1, 0.15) is 6.04 Å². The minimum atomic E-state index is -3.74. The topological polar surface area (TPSA) is 95.6 Å². The smallest absolute Gasteiger partial charge is 0.253 e. The molecule has 0 spiro atoms. The van der Waals surface area contributed by atoms with Crippen LogP contribution in [0.15, 0.2) is 42.5 Å². The van der Waals surface area contributed by atoms with E-state index in [0.29, 0.717) is 23.5 Å². The number of carbonyl (C=O) groups is 2. The Balaban J connectivity index is 2.33. The molecular weight excluding hydrogens is 414 g/mol. The molecule has 1 unspecified atom stereocenters. The van der Waals surface area contributed by atoms with Gasteiger partial charge in [0.2, 0.25) is 15.9 Å². The maximum Gasteiger partial charge on any atom is 0.253 e. The van der Waals surface area contributed by atoms with Gasteiger partial charge in [0, 0.05) is 6.54 Å². The fourth-order valence-corrected chi connectivity index (χ4v) is 4.46. The molecule has 0 bridgehead atoms. The molecule has 2 aromatic rings. The molecule has 0 aliphatic rings. The molecule has 0 heterocycles. The van der Waals surface area contributed by atoms with Crippen LogP contribution < -0.4 is 14.9 Å². The number of hydrogen-bond acceptors (Lipinski definition) is 4. The van der Waals surface area contributed by atoms with Crippen LogP contribution in [0.25, 0.3) is 0 Å². The van der Waals surface area contributed by atoms with Gasteiger partial charge in [0.15, 0.2) is 0 Å². The van der Waals surface area contributed by atoms with Gasteiger partial charge in [-0.25, -0.2) is 8.42 Å². The lowest BCUT2D eigenvalue weighted by Crippen LogP contribution is -2.45. The number of sulfonamides is 1. The minimum Gasteiger partial charge on any atom is -0.352 e. The van der Waals surface area contributed by atoms with Gasteiger partial charge in [-0.3, -0.25) is 13.9 Å². The van der Waals surface area contributed by atoms with Crippen LogP contribution in [0.1, 0.15) is 42.3 Å². The number of hydrogen-bond donors (Lipinski definition) is 2. The van der Waals surface area contributed by atoms with Crippen molar-refractivity contribution in [1.82, 2.24) is 5.32 Å². The van der Waals surface area contributed by atoms with Crippen LogP contribution in [0.4, 0.5) is 11.4 Å². The van der Waals surface area contributed by atoms with E-state index in [1.165, 1.54) is 6.92 Å². The predicted octanol–water partition coefficient (Wildman–Crippen LogP) is 3.48. The van der Waals surface area contributed by atoms with Gasteiger partial charge in [-0.1, -0.05) is 32.0 Å². The second kappa shape index (κ2) is 9.96. The molecule has 0 radical (unpaired) electrons. The summed E-state index contributed by atoms with van der Waals surface area (Å²) in [5, 5.41) is 5.55. The van der Waals surface area contributed by atoms with E-state index in [4.69, 9.17) is 0 Å². The lowest BCUT2D eigenvalue weighted by atomic mass is 10.1. The molecule has 168 valence electrons. The number of nitrogens with one attached hydrogen (secondary N) is 2. The summed E-state index contributed by atoms with van der Waals surface area (Å²) in [6.45, 7) is 9.74. The Morgan fingerprint density at radius 2 is 1.58 bits per heavy atom. The van der Waals surface area contributed by atoms with Crippen LogP contribution in [-0.4, -0.2) is 39.1 Å². The SMILES string of the molecule is Cc1cc(C)cc(N(C(C)C(=O)Nc2ccccc2C(=O)NCC(C)C)S(C)(=O)=O)c1. The molecular formula is C23H31N3O4S. The molecule has 0 fully saturated rings. The Bertz CT molecular complexity index is 1040. The van der Waals surface area contributed by atoms with Gasteiger partial charge in [-0.2, -0.15) is 0 Å². The molecule has 2 amide bonds. The molecule has 7 nitrogen and oxygen atoms in total. The highest BCUT2D eigenvalue weighted by molar-refractivity contribution is 7.92. The van der Waals surface area contributed by atoms with Gasteiger partial charge in [-0.05, 0) is 62.1 Å². The van der Waals surface area contributed by atoms with Crippen molar-refractivity contribution in [2.45, 2.75) is 40.7 Å². The molecule has 2 rings (SSSR count). The first kappa shape index (κ1) is 24.4. The van der Waals surface area contributed by atoms with Crippen molar-refractivity contribution in [2.24, 2.45) is 5.92 Å². The number of carbonyl (C=O) groups excluding carboxylic acids is 2. The summed E-state index contributed by atoms with van der Waals surface area (Å²) in [5.41, 5.74) is 2.85. The van der Waals surface area contributed by atoms with E-state index in [1.807, 2.05) is 33.8 Å². The van der Waals surface area contributed by atoms with Gasteiger partial charge in [-0.15, -0.1) is 0 Å². The van der Waals surface area contributed by atoms with Crippen LogP contribution in [0.3, 0.4) is 0 Å². The van der Waals surface area contributed by atoms with E-state index in [-0.39, 0.29) is 11.8 Å². The molecule has 8 heteroatoms. The van der Waals surface area contributed by atoms with Crippen molar-refractivity contribution >= 4 is 33.2 Å². The largest absolute Gasteiger partial charge is 0.352 e. The Labute approximate surface area is 184 Å². The van der Waals surface area contributed by atoms with E-state index in [0.717, 1.165) is 21.7 Å². The number of aryl methyl sites for hydroxylation is 2. The van der Waals surface area contributed by atoms with Crippen molar-refractivity contribution in [3.05, 3.63) is 59.2 Å². The number of amides is 2. The van der Waals surface area contributed by atoms with Gasteiger partial charge < -0.3 is 10.6 Å². The van der Waals surface area contributed by atoms with Gasteiger partial charge in [0.25, 0.3) is 5.91 Å². The van der Waals surface area contributed by atoms with E-state index >= 15 is 0 Å². The third kappa shape index (κ3) is 6.55. The second-order valence-electron chi connectivity index (χ2n) is 8.22. The molecule has 0 aliphatic heterocycles. The fourth-order valence-electron chi connectivity index (χ4n) is 3.31. The standard InChI is InChI=1S/C23H31N3O4S/c1-15(2)14-24-23(28)20-9-7-8-10-21(20)25-22(27)18(5)26(31(6,29)30)19-12-16(3)11-17(4)13-19/h7-13,15,18H,14H2,1-6H3,(H,24,28)(H,25,27). The number of anilines is 2. The van der Waals surface area contributed by atoms with Crippen molar-refractivity contribution in [3.8, 4) is 0 Å². The summed E-state index contributed by atoms with van der Waals surface area (Å²) in [6.07, 6.45) is 1.07. The molecule has 0 aliphatic carbocycles. The molecule has 2 N–H and O–H groups in total. The summed E-state index contributed by atoms with van der Waals surface area (Å²) in [7, 11) is -3.74. The Morgan fingerprint density at radius 1 is 1.00 bits per heavy atom. The fraction of sp³-hybridized carbons (Fsp3) is 0.391. The highest BCUT2D eigenvalue weighted by Crippen LogP contribution is 2.25. The summed E-state index contributed by atoms with van der Waals surface area (Å²) in [5.74, 6) is -0.549. The summed E-state index contributed by atoms with van der Waals surface area (Å²) < 4.78 is 26.2. The number of nitrogens with zero attached hydrogens (tertiary/aromatic N) is 1. The lowest BCUT2D eigenvalue weighted by molar-refractivity contribution is -0.116. The van der Waals surface area contributed by atoms with E-state index in [2.05, 4.69) is 10.6 Å². The van der Waals surface area contributed by atoms with Crippen LogP contribution in [0.5, 0.6) is 0 Å². The first-order chi connectivity index (χ1) is 14.4. The van der Waals surface area contributed by atoms with Crippen LogP contribution in [0, 0.1) is 19.8 Å². The predicted molar refractivity (Wildman–Crippen MR) is 125 cm³/mol. The quantitative estimate of drug-likeness (QED) is 0.650. The third-order valence-electron chi connectivity index (χ3n) is 4.65. The van der Waals surface area contributed by atoms with Crippen molar-refractivity contribution in [1.29, 1.82) is 0 Å². The zero-order valence-corrected chi connectivity index (χ0v) is 19.7. The number of para-hydroxylation sites is 1. The molecule has 0 aromatic heterocycles. The zero-order valence-electron chi connectivity index (χ0n) is 18.9. The van der Waals surface area contributed by atoms with Crippen LogP contribution >= 0.6 is 0 Å². The monoisotopic (exact) mass is 445 g/mol. The highest BCUT2D eigenvalue weighted by atomic mass is 32.2. The Kier molecular flexibility index (Phi) is 7.84. The average Bonchev–Trinajstić information content (AvgIpc) is 2.64. The van der Waals surface area contributed by atoms with E-state index in [9.17, 15) is 18.0 Å². The Hall–Kier alpha value is -2.87. The molecule has 31 heavy (non-hydrogen) atoms. The highest BCUT2D eigenvalue weighted by Gasteiger charge is 2.30. The molecule has 0 saturated heterocycles. The lowest BCUT2D eigenvalue weighted by Gasteiger charge is -2.29. The van der Waals surface area contributed by atoms with Crippen molar-refractivity contribution < 1.29 is 18.0 Å². The number of benzene rings is 2. The van der Waals surface area contributed by atoms with Crippen LogP contribution in [0.2, 0.25) is 0 Å². The van der Waals surface area contributed by atoms with Crippen molar-refractivity contribution in [2.75, 3.05) is 22.4 Å². The molecule has 1 atom stereocenters. The Morgan fingerprint density at radius 3 is 2.13 bits per heavy atom. The maximum atomic E-state index is 13.0. The number of rotatable bonds is 8. The summed E-state index contributed by atoms with van der Waals surface area (Å²) >= 11 is 0. The zero-order chi connectivity index (χ0) is 23.3. The first-order valence-electron chi connectivity index (χ1n) is 10.2. The van der Waals surface area contributed by atoms with E-state index in [1.54, 1.807) is 36.4 Å². The average molecular weight is 446 g/mol. The van der Waals surface area contributed by atoms with Gasteiger partial charge >= 0.3 is 0 Å². The van der Waals surface area contributed by atoms with Crippen LogP contribution in [-0.2, 0) is 14.8 Å². The van der Waals surface area contributed by atoms with Crippen molar-refractivity contribution in [3.63, 3.8) is 0 Å². The normalized spacial score (nSPS) is 12.4. The van der Waals surface area contributed by atoms with Gasteiger partial charge in [0.05, 0.1) is 23.2 Å². The summed E-state index contributed by atoms with van der Waals surface area (Å²) in [6, 6.07) is 11.0. The molecule has 2 aromatic carbocycles. The second-order valence-corrected chi connectivity index (χ2v) is 10.1. The first-order valence-corrected chi connectivity index (χ1v) is 12.0. The third-order valence-corrected chi connectivity index (χ3v) is 5.89. The summed E-state index contributed by atoms with van der Waals surface area (Å²) in [4.78, 5) is 25.6. The van der Waals surface area contributed by atoms with E-state index < -0.39 is 22.0 Å².